The van der Waals surface area contributed by atoms with Gasteiger partial charge in [-0.25, -0.2) is 0 Å². The fourth-order valence-corrected chi connectivity index (χ4v) is 0.875. The van der Waals surface area contributed by atoms with Crippen molar-refractivity contribution in [2.24, 2.45) is 0 Å². The van der Waals surface area contributed by atoms with E-state index in [-0.39, 0.29) is 0 Å². The highest BCUT2D eigenvalue weighted by Gasteiger charge is 2.29. The molecule has 7 heteroatoms. The Balaban J connectivity index is 0. The molecular weight excluding hydrogens is 232 g/mol. The van der Waals surface area contributed by atoms with E-state index < -0.39 is 37.6 Å². The van der Waals surface area contributed by atoms with Gasteiger partial charge in [0.1, 0.15) is 24.4 Å². The van der Waals surface area contributed by atoms with Gasteiger partial charge in [-0.2, -0.15) is 0 Å². The van der Waals surface area contributed by atoms with Gasteiger partial charge in [-0.1, -0.05) is 0 Å². The van der Waals surface area contributed by atoms with Gasteiger partial charge in [0.15, 0.2) is 0 Å². The SMILES string of the molecule is CCOCC.OC[C@@H](O)[C@@H](O)[C@H](O)[C@@H](O)CO. The minimum Gasteiger partial charge on any atom is -0.394 e. The zero-order valence-electron chi connectivity index (χ0n) is 10.2. The molecule has 0 saturated carbocycles. The first kappa shape index (κ1) is 19.1. The molecule has 6 N–H and O–H groups in total. The normalized spacial score (nSPS) is 17.6. The van der Waals surface area contributed by atoms with Gasteiger partial charge >= 0.3 is 0 Å². The summed E-state index contributed by atoms with van der Waals surface area (Å²) in [5, 5.41) is 52.2. The lowest BCUT2D eigenvalue weighted by Gasteiger charge is -2.24. The van der Waals surface area contributed by atoms with Crippen LogP contribution in [0, 0.1) is 0 Å². The second kappa shape index (κ2) is 12.2. The number of hydrogen-bond donors (Lipinski definition) is 6. The van der Waals surface area contributed by atoms with Crippen molar-refractivity contribution in [1.29, 1.82) is 0 Å². The topological polar surface area (TPSA) is 131 Å². The van der Waals surface area contributed by atoms with Crippen LogP contribution in [0.5, 0.6) is 0 Å². The van der Waals surface area contributed by atoms with Crippen LogP contribution in [0.15, 0.2) is 0 Å². The molecule has 0 aromatic heterocycles. The van der Waals surface area contributed by atoms with Gasteiger partial charge in [-0.15, -0.1) is 0 Å². The number of aliphatic hydroxyl groups excluding tert-OH is 6. The van der Waals surface area contributed by atoms with E-state index >= 15 is 0 Å². The first-order chi connectivity index (χ1) is 7.95. The molecule has 0 unspecified atom stereocenters. The molecule has 0 aliphatic heterocycles. The molecule has 0 amide bonds. The standard InChI is InChI=1S/C6H14O6.C4H10O/c7-1-3(9)5(11)6(12)4(10)2-8;1-3-5-4-2/h3-12H,1-2H2;3-4H2,1-2H3/t3-,4+,5-,6-;/m1./s1. The van der Waals surface area contributed by atoms with E-state index in [1.165, 1.54) is 0 Å². The summed E-state index contributed by atoms with van der Waals surface area (Å²) in [5.74, 6) is 0. The number of hydrogen-bond acceptors (Lipinski definition) is 7. The molecule has 106 valence electrons. The zero-order valence-corrected chi connectivity index (χ0v) is 10.2. The molecule has 0 bridgehead atoms. The van der Waals surface area contributed by atoms with E-state index in [0.29, 0.717) is 0 Å². The van der Waals surface area contributed by atoms with E-state index in [1.807, 2.05) is 13.8 Å². The van der Waals surface area contributed by atoms with Crippen LogP contribution in [0.2, 0.25) is 0 Å². The maximum atomic E-state index is 8.96. The summed E-state index contributed by atoms with van der Waals surface area (Å²) in [7, 11) is 0. The van der Waals surface area contributed by atoms with Crippen LogP contribution < -0.4 is 0 Å². The minimum absolute atomic E-state index is 0.726. The van der Waals surface area contributed by atoms with Gasteiger partial charge in [0.05, 0.1) is 13.2 Å². The summed E-state index contributed by atoms with van der Waals surface area (Å²) in [5.41, 5.74) is 0. The molecular formula is C10H24O7. The molecule has 0 aromatic rings. The third-order valence-corrected chi connectivity index (χ3v) is 1.92. The van der Waals surface area contributed by atoms with Crippen molar-refractivity contribution < 1.29 is 35.4 Å². The van der Waals surface area contributed by atoms with Gasteiger partial charge in [-0.3, -0.25) is 0 Å². The molecule has 0 fully saturated rings. The summed E-state index contributed by atoms with van der Waals surface area (Å²) >= 11 is 0. The van der Waals surface area contributed by atoms with E-state index in [2.05, 4.69) is 0 Å². The van der Waals surface area contributed by atoms with E-state index in [1.54, 1.807) is 0 Å². The second-order valence-corrected chi connectivity index (χ2v) is 3.26. The van der Waals surface area contributed by atoms with E-state index in [4.69, 9.17) is 35.4 Å². The summed E-state index contributed by atoms with van der Waals surface area (Å²) in [6.07, 6.45) is -6.39. The average molecular weight is 256 g/mol. The number of rotatable bonds is 7. The smallest absolute Gasteiger partial charge is 0.111 e. The Morgan fingerprint density at radius 1 is 0.765 bits per heavy atom. The van der Waals surface area contributed by atoms with Gasteiger partial charge in [0.2, 0.25) is 0 Å². The van der Waals surface area contributed by atoms with Crippen molar-refractivity contribution in [2.75, 3.05) is 26.4 Å². The fraction of sp³-hybridized carbons (Fsp3) is 1.00. The molecule has 7 nitrogen and oxygen atoms in total. The lowest BCUT2D eigenvalue weighted by Crippen LogP contribution is -2.46. The Hall–Kier alpha value is -0.280. The Kier molecular flexibility index (Phi) is 13.7. The highest BCUT2D eigenvalue weighted by molar-refractivity contribution is 4.79. The number of ether oxygens (including phenoxy) is 1. The Morgan fingerprint density at radius 2 is 1.06 bits per heavy atom. The fourth-order valence-electron chi connectivity index (χ4n) is 0.875. The van der Waals surface area contributed by atoms with Crippen LogP contribution in [-0.4, -0.2) is 81.5 Å². The van der Waals surface area contributed by atoms with Crippen molar-refractivity contribution >= 4 is 0 Å². The highest BCUT2D eigenvalue weighted by atomic mass is 16.5. The maximum absolute atomic E-state index is 8.96. The molecule has 0 aliphatic carbocycles. The monoisotopic (exact) mass is 256 g/mol. The van der Waals surface area contributed by atoms with E-state index in [0.717, 1.165) is 13.2 Å². The molecule has 0 rings (SSSR count). The van der Waals surface area contributed by atoms with Crippen LogP contribution in [0.25, 0.3) is 0 Å². The summed E-state index contributed by atoms with van der Waals surface area (Å²) in [6.45, 7) is 4.22. The zero-order chi connectivity index (χ0) is 13.8. The minimum atomic E-state index is -1.67. The highest BCUT2D eigenvalue weighted by Crippen LogP contribution is 2.03. The van der Waals surface area contributed by atoms with Crippen LogP contribution in [-0.2, 0) is 4.74 Å². The third kappa shape index (κ3) is 9.42. The van der Waals surface area contributed by atoms with Gasteiger partial charge < -0.3 is 35.4 Å². The maximum Gasteiger partial charge on any atom is 0.111 e. The Labute approximate surface area is 101 Å². The Morgan fingerprint density at radius 3 is 1.18 bits per heavy atom. The lowest BCUT2D eigenvalue weighted by molar-refractivity contribution is -0.123. The first-order valence-corrected chi connectivity index (χ1v) is 5.47. The van der Waals surface area contributed by atoms with Crippen LogP contribution >= 0.6 is 0 Å². The molecule has 0 radical (unpaired) electrons. The average Bonchev–Trinajstić information content (AvgIpc) is 2.36. The first-order valence-electron chi connectivity index (χ1n) is 5.47. The predicted molar refractivity (Wildman–Crippen MR) is 60.4 cm³/mol. The quantitative estimate of drug-likeness (QED) is 0.296. The molecule has 0 saturated heterocycles. The summed E-state index contributed by atoms with van der Waals surface area (Å²) in [6, 6.07) is 0. The largest absolute Gasteiger partial charge is 0.394 e. The van der Waals surface area contributed by atoms with Crippen molar-refractivity contribution in [2.45, 2.75) is 38.3 Å². The predicted octanol–water partition coefficient (Wildman–Crippen LogP) is -2.54. The van der Waals surface area contributed by atoms with Gasteiger partial charge in [-0.05, 0) is 13.8 Å². The molecule has 17 heavy (non-hydrogen) atoms. The van der Waals surface area contributed by atoms with Crippen molar-refractivity contribution in [1.82, 2.24) is 0 Å². The van der Waals surface area contributed by atoms with Gasteiger partial charge in [0.25, 0.3) is 0 Å². The lowest BCUT2D eigenvalue weighted by atomic mass is 10.0. The summed E-state index contributed by atoms with van der Waals surface area (Å²) in [4.78, 5) is 0. The Bertz CT molecular complexity index is 140. The summed E-state index contributed by atoms with van der Waals surface area (Å²) < 4.78 is 4.83. The van der Waals surface area contributed by atoms with Crippen molar-refractivity contribution in [3.63, 3.8) is 0 Å². The number of aliphatic hydroxyl groups is 6. The van der Waals surface area contributed by atoms with E-state index in [9.17, 15) is 0 Å². The third-order valence-electron chi connectivity index (χ3n) is 1.92. The van der Waals surface area contributed by atoms with Gasteiger partial charge in [0, 0.05) is 13.2 Å². The molecule has 0 aliphatic rings. The van der Waals surface area contributed by atoms with Crippen molar-refractivity contribution in [3.8, 4) is 0 Å². The molecule has 0 aromatic carbocycles. The van der Waals surface area contributed by atoms with Crippen LogP contribution in [0.4, 0.5) is 0 Å². The second-order valence-electron chi connectivity index (χ2n) is 3.26. The molecule has 4 atom stereocenters. The van der Waals surface area contributed by atoms with Crippen LogP contribution in [0.1, 0.15) is 13.8 Å². The van der Waals surface area contributed by atoms with Crippen LogP contribution in [0.3, 0.4) is 0 Å². The molecule has 0 spiro atoms. The van der Waals surface area contributed by atoms with Crippen molar-refractivity contribution in [3.05, 3.63) is 0 Å². The molecule has 0 heterocycles.